The van der Waals surface area contributed by atoms with E-state index < -0.39 is 0 Å². The van der Waals surface area contributed by atoms with Gasteiger partial charge in [0.05, 0.1) is 0 Å². The molecule has 84 valence electrons. The fraction of sp³-hybridized carbons (Fsp3) is 0.538. The van der Waals surface area contributed by atoms with Crippen molar-refractivity contribution in [3.05, 3.63) is 28.2 Å². The maximum atomic E-state index is 3.68. The van der Waals surface area contributed by atoms with Crippen LogP contribution in [-0.2, 0) is 0 Å². The third kappa shape index (κ3) is 1.16. The van der Waals surface area contributed by atoms with E-state index in [9.17, 15) is 0 Å². The number of rotatable bonds is 0. The second-order valence-corrected chi connectivity index (χ2v) is 6.37. The first-order valence-electron chi connectivity index (χ1n) is 6.05. The van der Waals surface area contributed by atoms with E-state index in [0.717, 1.165) is 12.5 Å². The van der Waals surface area contributed by atoms with Crippen molar-refractivity contribution in [1.29, 1.82) is 0 Å². The van der Waals surface area contributed by atoms with Gasteiger partial charge >= 0.3 is 0 Å². The van der Waals surface area contributed by atoms with Gasteiger partial charge in [-0.1, -0.05) is 15.9 Å². The van der Waals surface area contributed by atoms with Crippen LogP contribution >= 0.6 is 15.9 Å². The quantitative estimate of drug-likeness (QED) is 0.763. The molecule has 4 rings (SSSR count). The molecule has 0 amide bonds. The maximum Gasteiger partial charge on any atom is 0.0461 e. The predicted molar refractivity (Wildman–Crippen MR) is 68.8 cm³/mol. The van der Waals surface area contributed by atoms with Crippen LogP contribution in [0.4, 0.5) is 5.69 Å². The van der Waals surface area contributed by atoms with E-state index in [1.54, 1.807) is 5.56 Å². The van der Waals surface area contributed by atoms with Crippen molar-refractivity contribution in [2.75, 3.05) is 18.4 Å². The minimum Gasteiger partial charge on any atom is -0.380 e. The molecule has 1 aromatic rings. The van der Waals surface area contributed by atoms with Crippen molar-refractivity contribution in [2.45, 2.75) is 24.8 Å². The summed E-state index contributed by atoms with van der Waals surface area (Å²) in [6.07, 6.45) is 2.80. The van der Waals surface area contributed by atoms with Crippen molar-refractivity contribution in [3.8, 4) is 0 Å². The molecule has 2 atom stereocenters. The van der Waals surface area contributed by atoms with Gasteiger partial charge in [0.1, 0.15) is 0 Å². The van der Waals surface area contributed by atoms with Gasteiger partial charge in [-0.3, -0.25) is 0 Å². The smallest absolute Gasteiger partial charge is 0.0461 e. The Morgan fingerprint density at radius 2 is 2.19 bits per heavy atom. The Morgan fingerprint density at radius 3 is 3.00 bits per heavy atom. The Kier molecular flexibility index (Phi) is 1.79. The van der Waals surface area contributed by atoms with Crippen molar-refractivity contribution in [3.63, 3.8) is 0 Å². The number of hydrogen-bond donors (Lipinski definition) is 2. The molecule has 0 aromatic heterocycles. The molecule has 3 aliphatic rings. The highest BCUT2D eigenvalue weighted by molar-refractivity contribution is 9.10. The number of hydrogen-bond acceptors (Lipinski definition) is 2. The predicted octanol–water partition coefficient (Wildman–Crippen LogP) is 2.71. The lowest BCUT2D eigenvalue weighted by Crippen LogP contribution is -2.47. The van der Waals surface area contributed by atoms with Crippen LogP contribution < -0.4 is 10.6 Å². The number of fused-ring (bicyclic) bond motifs is 4. The SMILES string of the molecule is Brc1ccc2c(c1)C1C(CNCC13CC3)N2. The molecule has 2 unspecified atom stereocenters. The van der Waals surface area contributed by atoms with Crippen LogP contribution in [0.5, 0.6) is 0 Å². The summed E-state index contributed by atoms with van der Waals surface area (Å²) in [4.78, 5) is 0. The summed E-state index contributed by atoms with van der Waals surface area (Å²) in [5.41, 5.74) is 3.47. The molecule has 2 nitrogen and oxygen atoms in total. The van der Waals surface area contributed by atoms with Crippen LogP contribution in [0.1, 0.15) is 24.3 Å². The molecule has 16 heavy (non-hydrogen) atoms. The van der Waals surface area contributed by atoms with Crippen LogP contribution in [0.15, 0.2) is 22.7 Å². The molecule has 1 spiro atoms. The lowest BCUT2D eigenvalue weighted by atomic mass is 9.78. The molecule has 2 fully saturated rings. The molecular formula is C13H15BrN2. The normalized spacial score (nSPS) is 33.1. The van der Waals surface area contributed by atoms with Gasteiger partial charge in [0.25, 0.3) is 0 Å². The van der Waals surface area contributed by atoms with Crippen LogP contribution in [0, 0.1) is 5.41 Å². The van der Waals surface area contributed by atoms with Crippen molar-refractivity contribution >= 4 is 21.6 Å². The van der Waals surface area contributed by atoms with Gasteiger partial charge in [0.15, 0.2) is 0 Å². The summed E-state index contributed by atoms with van der Waals surface area (Å²) in [7, 11) is 0. The molecule has 1 aliphatic carbocycles. The number of piperidine rings is 1. The summed E-state index contributed by atoms with van der Waals surface area (Å²) in [6, 6.07) is 7.28. The fourth-order valence-electron chi connectivity index (χ4n) is 3.58. The average molecular weight is 279 g/mol. The summed E-state index contributed by atoms with van der Waals surface area (Å²) < 4.78 is 1.21. The highest BCUT2D eigenvalue weighted by Gasteiger charge is 2.56. The van der Waals surface area contributed by atoms with E-state index in [4.69, 9.17) is 0 Å². The number of anilines is 1. The van der Waals surface area contributed by atoms with Gasteiger partial charge in [-0.15, -0.1) is 0 Å². The van der Waals surface area contributed by atoms with Gasteiger partial charge in [0, 0.05) is 35.2 Å². The van der Waals surface area contributed by atoms with E-state index in [0.29, 0.717) is 11.5 Å². The van der Waals surface area contributed by atoms with Gasteiger partial charge in [0.2, 0.25) is 0 Å². The molecule has 1 saturated carbocycles. The Bertz CT molecular complexity index is 453. The Hall–Kier alpha value is -0.540. The summed E-state index contributed by atoms with van der Waals surface area (Å²) in [5.74, 6) is 0.737. The van der Waals surface area contributed by atoms with E-state index in [-0.39, 0.29) is 0 Å². The average Bonchev–Trinajstić information content (AvgIpc) is 2.92. The number of benzene rings is 1. The summed E-state index contributed by atoms with van der Waals surface area (Å²) >= 11 is 3.60. The zero-order valence-electron chi connectivity index (χ0n) is 9.09. The van der Waals surface area contributed by atoms with Gasteiger partial charge in [-0.05, 0) is 42.0 Å². The molecule has 2 N–H and O–H groups in total. The van der Waals surface area contributed by atoms with E-state index in [1.165, 1.54) is 29.5 Å². The van der Waals surface area contributed by atoms with Gasteiger partial charge in [-0.25, -0.2) is 0 Å². The van der Waals surface area contributed by atoms with Crippen LogP contribution in [0.3, 0.4) is 0 Å². The molecule has 1 aromatic carbocycles. The third-order valence-electron chi connectivity index (χ3n) is 4.49. The molecule has 1 saturated heterocycles. The first kappa shape index (κ1) is 9.49. The van der Waals surface area contributed by atoms with E-state index in [2.05, 4.69) is 44.8 Å². The van der Waals surface area contributed by atoms with Crippen molar-refractivity contribution < 1.29 is 0 Å². The third-order valence-corrected chi connectivity index (χ3v) is 4.98. The molecule has 2 heterocycles. The van der Waals surface area contributed by atoms with Crippen LogP contribution in [0.25, 0.3) is 0 Å². The molecule has 0 radical (unpaired) electrons. The first-order chi connectivity index (χ1) is 7.78. The zero-order valence-corrected chi connectivity index (χ0v) is 10.7. The number of halogens is 1. The van der Waals surface area contributed by atoms with E-state index in [1.807, 2.05) is 0 Å². The highest BCUT2D eigenvalue weighted by atomic mass is 79.9. The highest BCUT2D eigenvalue weighted by Crippen LogP contribution is 2.61. The van der Waals surface area contributed by atoms with Crippen LogP contribution in [-0.4, -0.2) is 19.1 Å². The zero-order chi connectivity index (χ0) is 10.8. The monoisotopic (exact) mass is 278 g/mol. The topological polar surface area (TPSA) is 24.1 Å². The van der Waals surface area contributed by atoms with Crippen molar-refractivity contribution in [1.82, 2.24) is 5.32 Å². The largest absolute Gasteiger partial charge is 0.380 e. The summed E-state index contributed by atoms with van der Waals surface area (Å²) in [6.45, 7) is 2.32. The lowest BCUT2D eigenvalue weighted by Gasteiger charge is -2.35. The lowest BCUT2D eigenvalue weighted by molar-refractivity contribution is 0.293. The number of nitrogens with one attached hydrogen (secondary N) is 2. The Morgan fingerprint density at radius 1 is 1.31 bits per heavy atom. The Balaban J connectivity index is 1.84. The second-order valence-electron chi connectivity index (χ2n) is 5.45. The first-order valence-corrected chi connectivity index (χ1v) is 6.85. The molecule has 3 heteroatoms. The van der Waals surface area contributed by atoms with E-state index >= 15 is 0 Å². The van der Waals surface area contributed by atoms with Gasteiger partial charge < -0.3 is 10.6 Å². The van der Waals surface area contributed by atoms with Crippen molar-refractivity contribution in [2.24, 2.45) is 5.41 Å². The molecular weight excluding hydrogens is 264 g/mol. The molecule has 0 bridgehead atoms. The fourth-order valence-corrected chi connectivity index (χ4v) is 3.96. The summed E-state index contributed by atoms with van der Waals surface area (Å²) in [5, 5.41) is 7.26. The minimum atomic E-state index is 0.571. The van der Waals surface area contributed by atoms with Gasteiger partial charge in [-0.2, -0.15) is 0 Å². The van der Waals surface area contributed by atoms with Crippen LogP contribution in [0.2, 0.25) is 0 Å². The Labute approximate surface area is 104 Å². The standard InChI is InChI=1S/C13H15BrN2/c14-8-1-2-10-9(5-8)12-11(16-10)6-15-7-13(12)3-4-13/h1-2,5,11-12,15-16H,3-4,6-7H2. The minimum absolute atomic E-state index is 0.571. The second kappa shape index (κ2) is 3.02. The maximum absolute atomic E-state index is 3.68. The molecule has 2 aliphatic heterocycles.